The van der Waals surface area contributed by atoms with Crippen LogP contribution >= 0.6 is 0 Å². The second kappa shape index (κ2) is 7.21. The molecule has 0 bridgehead atoms. The minimum Gasteiger partial charge on any atom is -0.465 e. The number of carbonyl (C=O) groups excluding carboxylic acids is 1. The molecular weight excluding hydrogens is 304 g/mol. The van der Waals surface area contributed by atoms with Crippen LogP contribution in [0, 0.1) is 0 Å². The van der Waals surface area contributed by atoms with Crippen molar-refractivity contribution in [3.8, 4) is 0 Å². The molecule has 1 heterocycles. The smallest absolute Gasteiger partial charge is 0.337 e. The predicted molar refractivity (Wildman–Crippen MR) is 83.0 cm³/mol. The molecule has 1 atom stereocenters. The topological polar surface area (TPSA) is 89.7 Å². The number of nitrogens with zero attached hydrogens (tertiary/aromatic N) is 1. The SMILES string of the molecule is COC(=O)c1ccc(S(=O)(=O)N2CCCCC2CCN)cc1. The summed E-state index contributed by atoms with van der Waals surface area (Å²) in [6.07, 6.45) is 3.40. The van der Waals surface area contributed by atoms with Crippen molar-refractivity contribution in [2.75, 3.05) is 20.2 Å². The standard InChI is InChI=1S/C15H22N2O4S/c1-21-15(18)12-5-7-14(8-6-12)22(19,20)17-11-3-2-4-13(17)9-10-16/h5-8,13H,2-4,9-11,16H2,1H3. The van der Waals surface area contributed by atoms with Gasteiger partial charge >= 0.3 is 5.97 Å². The predicted octanol–water partition coefficient (Wildman–Crippen LogP) is 1.37. The van der Waals surface area contributed by atoms with Gasteiger partial charge in [-0.15, -0.1) is 0 Å². The fourth-order valence-corrected chi connectivity index (χ4v) is 4.51. The Morgan fingerprint density at radius 2 is 2.00 bits per heavy atom. The second-order valence-corrected chi connectivity index (χ2v) is 7.25. The van der Waals surface area contributed by atoms with Gasteiger partial charge in [-0.2, -0.15) is 4.31 Å². The molecule has 1 fully saturated rings. The first kappa shape index (κ1) is 16.9. The molecule has 2 rings (SSSR count). The number of sulfonamides is 1. The summed E-state index contributed by atoms with van der Waals surface area (Å²) in [4.78, 5) is 11.6. The molecule has 1 aromatic rings. The van der Waals surface area contributed by atoms with Gasteiger partial charge in [-0.25, -0.2) is 13.2 Å². The van der Waals surface area contributed by atoms with Gasteiger partial charge in [0.15, 0.2) is 0 Å². The molecule has 1 aliphatic rings. The van der Waals surface area contributed by atoms with E-state index in [1.54, 1.807) is 4.31 Å². The first-order valence-corrected chi connectivity index (χ1v) is 8.85. The van der Waals surface area contributed by atoms with Crippen LogP contribution in [-0.4, -0.2) is 44.9 Å². The third-order valence-electron chi connectivity index (χ3n) is 3.96. The monoisotopic (exact) mass is 326 g/mol. The Kier molecular flexibility index (Phi) is 5.55. The molecule has 1 saturated heterocycles. The van der Waals surface area contributed by atoms with Crippen LogP contribution < -0.4 is 5.73 Å². The molecule has 0 spiro atoms. The van der Waals surface area contributed by atoms with Crippen molar-refractivity contribution in [3.63, 3.8) is 0 Å². The van der Waals surface area contributed by atoms with Crippen LogP contribution in [0.2, 0.25) is 0 Å². The maximum atomic E-state index is 12.8. The summed E-state index contributed by atoms with van der Waals surface area (Å²) >= 11 is 0. The van der Waals surface area contributed by atoms with E-state index in [0.29, 0.717) is 25.1 Å². The average molecular weight is 326 g/mol. The van der Waals surface area contributed by atoms with Crippen molar-refractivity contribution in [3.05, 3.63) is 29.8 Å². The highest BCUT2D eigenvalue weighted by Gasteiger charge is 2.32. The Labute approximate surface area is 131 Å². The molecule has 0 aliphatic carbocycles. The van der Waals surface area contributed by atoms with Crippen molar-refractivity contribution in [1.82, 2.24) is 4.31 Å². The van der Waals surface area contributed by atoms with Crippen molar-refractivity contribution < 1.29 is 17.9 Å². The maximum absolute atomic E-state index is 12.8. The van der Waals surface area contributed by atoms with E-state index in [2.05, 4.69) is 4.74 Å². The molecule has 1 aliphatic heterocycles. The Balaban J connectivity index is 2.26. The van der Waals surface area contributed by atoms with Gasteiger partial charge in [-0.1, -0.05) is 6.42 Å². The molecule has 0 saturated carbocycles. The van der Waals surface area contributed by atoms with E-state index >= 15 is 0 Å². The lowest BCUT2D eigenvalue weighted by atomic mass is 10.0. The van der Waals surface area contributed by atoms with Crippen LogP contribution in [0.4, 0.5) is 0 Å². The van der Waals surface area contributed by atoms with Gasteiger partial charge in [-0.3, -0.25) is 0 Å². The summed E-state index contributed by atoms with van der Waals surface area (Å²) < 4.78 is 31.8. The number of methoxy groups -OCH3 is 1. The van der Waals surface area contributed by atoms with E-state index in [-0.39, 0.29) is 10.9 Å². The minimum atomic E-state index is -3.56. The van der Waals surface area contributed by atoms with Crippen LogP contribution in [0.15, 0.2) is 29.2 Å². The van der Waals surface area contributed by atoms with Gasteiger partial charge in [0.05, 0.1) is 17.6 Å². The summed E-state index contributed by atoms with van der Waals surface area (Å²) in [5, 5.41) is 0. The van der Waals surface area contributed by atoms with Crippen molar-refractivity contribution in [2.24, 2.45) is 5.73 Å². The van der Waals surface area contributed by atoms with Gasteiger partial charge in [0.25, 0.3) is 0 Å². The lowest BCUT2D eigenvalue weighted by molar-refractivity contribution is 0.0600. The van der Waals surface area contributed by atoms with E-state index in [9.17, 15) is 13.2 Å². The Morgan fingerprint density at radius 3 is 2.59 bits per heavy atom. The highest BCUT2D eigenvalue weighted by molar-refractivity contribution is 7.89. The number of esters is 1. The zero-order valence-corrected chi connectivity index (χ0v) is 13.5. The largest absolute Gasteiger partial charge is 0.465 e. The number of nitrogens with two attached hydrogens (primary N) is 1. The third kappa shape index (κ3) is 3.48. The summed E-state index contributed by atoms with van der Waals surface area (Å²) in [7, 11) is -2.27. The minimum absolute atomic E-state index is 0.0379. The Bertz CT molecular complexity index is 611. The van der Waals surface area contributed by atoms with E-state index < -0.39 is 16.0 Å². The maximum Gasteiger partial charge on any atom is 0.337 e. The lowest BCUT2D eigenvalue weighted by Crippen LogP contribution is -2.44. The number of rotatable bonds is 5. The summed E-state index contributed by atoms with van der Waals surface area (Å²) in [6.45, 7) is 0.990. The zero-order valence-electron chi connectivity index (χ0n) is 12.7. The van der Waals surface area contributed by atoms with E-state index in [4.69, 9.17) is 5.73 Å². The van der Waals surface area contributed by atoms with E-state index in [1.165, 1.54) is 31.4 Å². The van der Waals surface area contributed by atoms with Crippen LogP contribution in [0.3, 0.4) is 0 Å². The second-order valence-electron chi connectivity index (χ2n) is 5.36. The van der Waals surface area contributed by atoms with Gasteiger partial charge in [0.2, 0.25) is 10.0 Å². The van der Waals surface area contributed by atoms with Crippen molar-refractivity contribution in [1.29, 1.82) is 0 Å². The lowest BCUT2D eigenvalue weighted by Gasteiger charge is -2.34. The van der Waals surface area contributed by atoms with Crippen LogP contribution in [-0.2, 0) is 14.8 Å². The summed E-state index contributed by atoms with van der Waals surface area (Å²) in [5.41, 5.74) is 5.93. The molecular formula is C15H22N2O4S. The molecule has 0 amide bonds. The summed E-state index contributed by atoms with van der Waals surface area (Å²) in [6, 6.07) is 5.82. The first-order valence-electron chi connectivity index (χ1n) is 7.41. The molecule has 0 aromatic heterocycles. The number of hydrogen-bond acceptors (Lipinski definition) is 5. The molecule has 1 aromatic carbocycles. The van der Waals surface area contributed by atoms with Gasteiger partial charge in [0, 0.05) is 12.6 Å². The highest BCUT2D eigenvalue weighted by Crippen LogP contribution is 2.27. The Hall–Kier alpha value is -1.44. The average Bonchev–Trinajstić information content (AvgIpc) is 2.55. The number of benzene rings is 1. The molecule has 7 heteroatoms. The summed E-state index contributed by atoms with van der Waals surface area (Å²) in [5.74, 6) is -0.483. The number of carbonyl (C=O) groups is 1. The molecule has 2 N–H and O–H groups in total. The fraction of sp³-hybridized carbons (Fsp3) is 0.533. The normalized spacial score (nSPS) is 19.8. The fourth-order valence-electron chi connectivity index (χ4n) is 2.79. The number of ether oxygens (including phenoxy) is 1. The van der Waals surface area contributed by atoms with Crippen LogP contribution in [0.5, 0.6) is 0 Å². The van der Waals surface area contributed by atoms with Crippen molar-refractivity contribution in [2.45, 2.75) is 36.6 Å². The van der Waals surface area contributed by atoms with Crippen LogP contribution in [0.1, 0.15) is 36.0 Å². The molecule has 122 valence electrons. The number of piperidine rings is 1. The van der Waals surface area contributed by atoms with Gasteiger partial charge < -0.3 is 10.5 Å². The zero-order chi connectivity index (χ0) is 16.2. The van der Waals surface area contributed by atoms with Gasteiger partial charge in [-0.05, 0) is 50.1 Å². The van der Waals surface area contributed by atoms with Crippen molar-refractivity contribution >= 4 is 16.0 Å². The Morgan fingerprint density at radius 1 is 1.32 bits per heavy atom. The van der Waals surface area contributed by atoms with E-state index in [1.807, 2.05) is 0 Å². The number of hydrogen-bond donors (Lipinski definition) is 1. The molecule has 6 nitrogen and oxygen atoms in total. The first-order chi connectivity index (χ1) is 10.5. The molecule has 0 radical (unpaired) electrons. The van der Waals surface area contributed by atoms with E-state index in [0.717, 1.165) is 19.3 Å². The third-order valence-corrected chi connectivity index (χ3v) is 5.92. The molecule has 22 heavy (non-hydrogen) atoms. The quantitative estimate of drug-likeness (QED) is 0.825. The highest BCUT2D eigenvalue weighted by atomic mass is 32.2. The van der Waals surface area contributed by atoms with Gasteiger partial charge in [0.1, 0.15) is 0 Å². The molecule has 1 unspecified atom stereocenters. The van der Waals surface area contributed by atoms with Crippen LogP contribution in [0.25, 0.3) is 0 Å².